The standard InChI is InChI=1S/C25H22BrN3O2S/c1-3-15(2)17-9-12-22-21(14-17)28-24(31-22)16-7-10-20(11-8-16)27-25(32)29-23(30)18-5-4-6-19(26)13-18/h4-15H,3H2,1-2H3,(H2,27,29,30,32)/t15-/m0/s1. The number of oxazole rings is 1. The number of anilines is 1. The van der Waals surface area contributed by atoms with Gasteiger partial charge in [-0.3, -0.25) is 10.1 Å². The summed E-state index contributed by atoms with van der Waals surface area (Å²) in [7, 11) is 0. The van der Waals surface area contributed by atoms with Gasteiger partial charge in [0.2, 0.25) is 5.89 Å². The molecule has 5 nitrogen and oxygen atoms in total. The number of nitrogens with zero attached hydrogens (tertiary/aromatic N) is 1. The number of benzene rings is 3. The first-order valence-electron chi connectivity index (χ1n) is 10.3. The van der Waals surface area contributed by atoms with Crippen LogP contribution in [0.3, 0.4) is 0 Å². The van der Waals surface area contributed by atoms with Crippen molar-refractivity contribution in [2.45, 2.75) is 26.2 Å². The lowest BCUT2D eigenvalue weighted by molar-refractivity contribution is 0.0977. The van der Waals surface area contributed by atoms with Gasteiger partial charge in [-0.2, -0.15) is 0 Å². The molecule has 1 aromatic heterocycles. The fourth-order valence-corrected chi connectivity index (χ4v) is 3.88. The van der Waals surface area contributed by atoms with E-state index in [-0.39, 0.29) is 11.0 Å². The fraction of sp³-hybridized carbons (Fsp3) is 0.160. The fourth-order valence-electron chi connectivity index (χ4n) is 3.27. The molecular formula is C25H22BrN3O2S. The number of carbonyl (C=O) groups excluding carboxylic acids is 1. The number of aromatic nitrogens is 1. The van der Waals surface area contributed by atoms with Crippen molar-refractivity contribution in [3.8, 4) is 11.5 Å². The van der Waals surface area contributed by atoms with Crippen LogP contribution in [0.15, 0.2) is 75.6 Å². The second kappa shape index (κ2) is 9.63. The van der Waals surface area contributed by atoms with Crippen LogP contribution in [-0.2, 0) is 0 Å². The van der Waals surface area contributed by atoms with E-state index in [1.807, 2.05) is 36.4 Å². The third-order valence-corrected chi connectivity index (χ3v) is 5.99. The van der Waals surface area contributed by atoms with E-state index in [1.165, 1.54) is 5.56 Å². The number of halogens is 1. The minimum absolute atomic E-state index is 0.224. The second-order valence-corrected chi connectivity index (χ2v) is 8.88. The molecule has 1 heterocycles. The van der Waals surface area contributed by atoms with E-state index in [0.717, 1.165) is 33.2 Å². The molecule has 3 aromatic carbocycles. The largest absolute Gasteiger partial charge is 0.436 e. The average Bonchev–Trinajstić information content (AvgIpc) is 3.22. The third-order valence-electron chi connectivity index (χ3n) is 5.30. The SMILES string of the molecule is CC[C@H](C)c1ccc2oc(-c3ccc(NC(=S)NC(=O)c4cccc(Br)c4)cc3)nc2c1. The molecule has 162 valence electrons. The van der Waals surface area contributed by atoms with Gasteiger partial charge in [-0.1, -0.05) is 41.9 Å². The van der Waals surface area contributed by atoms with Crippen molar-refractivity contribution in [1.29, 1.82) is 0 Å². The van der Waals surface area contributed by atoms with Gasteiger partial charge in [0.25, 0.3) is 5.91 Å². The van der Waals surface area contributed by atoms with Gasteiger partial charge in [0.15, 0.2) is 10.7 Å². The number of fused-ring (bicyclic) bond motifs is 1. The summed E-state index contributed by atoms with van der Waals surface area (Å²) in [4.78, 5) is 17.0. The molecule has 1 atom stereocenters. The van der Waals surface area contributed by atoms with E-state index < -0.39 is 0 Å². The highest BCUT2D eigenvalue weighted by molar-refractivity contribution is 9.10. The summed E-state index contributed by atoms with van der Waals surface area (Å²) in [5, 5.41) is 5.93. The van der Waals surface area contributed by atoms with Crippen molar-refractivity contribution in [2.75, 3.05) is 5.32 Å². The predicted molar refractivity (Wildman–Crippen MR) is 136 cm³/mol. The maximum atomic E-state index is 12.3. The number of thiocarbonyl (C=S) groups is 1. The van der Waals surface area contributed by atoms with Crippen LogP contribution in [0, 0.1) is 0 Å². The molecule has 0 aliphatic rings. The Morgan fingerprint density at radius 2 is 1.91 bits per heavy atom. The van der Waals surface area contributed by atoms with Crippen LogP contribution < -0.4 is 10.6 Å². The van der Waals surface area contributed by atoms with Gasteiger partial charge in [-0.05, 0) is 84.7 Å². The van der Waals surface area contributed by atoms with Crippen LogP contribution in [-0.4, -0.2) is 16.0 Å². The van der Waals surface area contributed by atoms with Crippen LogP contribution in [0.5, 0.6) is 0 Å². The van der Waals surface area contributed by atoms with E-state index in [2.05, 4.69) is 57.5 Å². The summed E-state index contributed by atoms with van der Waals surface area (Å²) in [6.07, 6.45) is 1.08. The monoisotopic (exact) mass is 507 g/mol. The van der Waals surface area contributed by atoms with Crippen molar-refractivity contribution in [2.24, 2.45) is 0 Å². The molecule has 2 N–H and O–H groups in total. The summed E-state index contributed by atoms with van der Waals surface area (Å²) in [6, 6.07) is 20.8. The number of hydrogen-bond donors (Lipinski definition) is 2. The van der Waals surface area contributed by atoms with Gasteiger partial charge in [0, 0.05) is 21.3 Å². The first-order chi connectivity index (χ1) is 15.4. The number of hydrogen-bond acceptors (Lipinski definition) is 4. The first kappa shape index (κ1) is 22.2. The number of rotatable bonds is 5. The summed E-state index contributed by atoms with van der Waals surface area (Å²) in [6.45, 7) is 4.38. The highest BCUT2D eigenvalue weighted by Gasteiger charge is 2.12. The number of carbonyl (C=O) groups is 1. The van der Waals surface area contributed by atoms with Gasteiger partial charge in [0.1, 0.15) is 5.52 Å². The normalized spacial score (nSPS) is 11.8. The van der Waals surface area contributed by atoms with Crippen molar-refractivity contribution >= 4 is 56.0 Å². The lowest BCUT2D eigenvalue weighted by Crippen LogP contribution is -2.34. The molecule has 4 aromatic rings. The minimum Gasteiger partial charge on any atom is -0.436 e. The quantitative estimate of drug-likeness (QED) is 0.287. The van der Waals surface area contributed by atoms with Crippen molar-refractivity contribution in [1.82, 2.24) is 10.3 Å². The Morgan fingerprint density at radius 3 is 2.62 bits per heavy atom. The third kappa shape index (κ3) is 5.06. The zero-order valence-corrected chi connectivity index (χ0v) is 20.1. The summed E-state index contributed by atoms with van der Waals surface area (Å²) >= 11 is 8.63. The van der Waals surface area contributed by atoms with E-state index in [0.29, 0.717) is 17.4 Å². The predicted octanol–water partition coefficient (Wildman–Crippen LogP) is 6.90. The molecular weight excluding hydrogens is 486 g/mol. The maximum Gasteiger partial charge on any atom is 0.257 e. The maximum absolute atomic E-state index is 12.3. The Labute approximate surface area is 200 Å². The summed E-state index contributed by atoms with van der Waals surface area (Å²) in [5.41, 5.74) is 5.02. The average molecular weight is 508 g/mol. The van der Waals surface area contributed by atoms with E-state index in [1.54, 1.807) is 18.2 Å². The topological polar surface area (TPSA) is 67.2 Å². The summed E-state index contributed by atoms with van der Waals surface area (Å²) in [5.74, 6) is 0.777. The van der Waals surface area contributed by atoms with Crippen molar-refractivity contribution < 1.29 is 9.21 Å². The molecule has 0 aliphatic carbocycles. The molecule has 0 aliphatic heterocycles. The van der Waals surface area contributed by atoms with E-state index >= 15 is 0 Å². The molecule has 0 radical (unpaired) electrons. The van der Waals surface area contributed by atoms with Crippen LogP contribution >= 0.6 is 28.1 Å². The molecule has 0 fully saturated rings. The molecule has 0 saturated carbocycles. The van der Waals surface area contributed by atoms with Gasteiger partial charge < -0.3 is 9.73 Å². The van der Waals surface area contributed by atoms with Gasteiger partial charge in [0.05, 0.1) is 0 Å². The highest BCUT2D eigenvalue weighted by Crippen LogP contribution is 2.28. The Morgan fingerprint density at radius 1 is 1.12 bits per heavy atom. The van der Waals surface area contributed by atoms with E-state index in [4.69, 9.17) is 16.6 Å². The molecule has 1 amide bonds. The molecule has 4 rings (SSSR count). The molecule has 0 bridgehead atoms. The van der Waals surface area contributed by atoms with Crippen LogP contribution in [0.1, 0.15) is 42.1 Å². The molecule has 32 heavy (non-hydrogen) atoms. The molecule has 0 unspecified atom stereocenters. The Bertz CT molecular complexity index is 1280. The lowest BCUT2D eigenvalue weighted by Gasteiger charge is -2.10. The van der Waals surface area contributed by atoms with Gasteiger partial charge in [-0.15, -0.1) is 0 Å². The van der Waals surface area contributed by atoms with Crippen molar-refractivity contribution in [3.05, 3.63) is 82.3 Å². The molecule has 7 heteroatoms. The smallest absolute Gasteiger partial charge is 0.257 e. The van der Waals surface area contributed by atoms with Crippen molar-refractivity contribution in [3.63, 3.8) is 0 Å². The Kier molecular flexibility index (Phi) is 6.67. The molecule has 0 spiro atoms. The second-order valence-electron chi connectivity index (χ2n) is 7.55. The zero-order valence-electron chi connectivity index (χ0n) is 17.7. The lowest BCUT2D eigenvalue weighted by atomic mass is 9.98. The van der Waals surface area contributed by atoms with Crippen LogP contribution in [0.2, 0.25) is 0 Å². The Balaban J connectivity index is 1.43. The first-order valence-corrected chi connectivity index (χ1v) is 11.5. The zero-order chi connectivity index (χ0) is 22.7. The Hall–Kier alpha value is -3.03. The number of amides is 1. The van der Waals surface area contributed by atoms with Gasteiger partial charge >= 0.3 is 0 Å². The van der Waals surface area contributed by atoms with Gasteiger partial charge in [-0.25, -0.2) is 4.98 Å². The number of nitrogens with one attached hydrogen (secondary N) is 2. The van der Waals surface area contributed by atoms with E-state index in [9.17, 15) is 4.79 Å². The van der Waals surface area contributed by atoms with Crippen LogP contribution in [0.4, 0.5) is 5.69 Å². The summed E-state index contributed by atoms with van der Waals surface area (Å²) < 4.78 is 6.77. The van der Waals surface area contributed by atoms with Crippen LogP contribution in [0.25, 0.3) is 22.6 Å². The molecule has 0 saturated heterocycles. The highest BCUT2D eigenvalue weighted by atomic mass is 79.9. The minimum atomic E-state index is -0.274.